The summed E-state index contributed by atoms with van der Waals surface area (Å²) in [5, 5.41) is 2.71. The van der Waals surface area contributed by atoms with Crippen molar-refractivity contribution in [3.63, 3.8) is 0 Å². The molecular formula is C19H19NO5. The molecule has 6 nitrogen and oxygen atoms in total. The van der Waals surface area contributed by atoms with Crippen molar-refractivity contribution in [1.29, 1.82) is 0 Å². The molecule has 2 aromatic carbocycles. The Kier molecular flexibility index (Phi) is 5.89. The van der Waals surface area contributed by atoms with E-state index in [0.717, 1.165) is 0 Å². The van der Waals surface area contributed by atoms with Gasteiger partial charge in [0.1, 0.15) is 5.75 Å². The van der Waals surface area contributed by atoms with Crippen molar-refractivity contribution in [1.82, 2.24) is 0 Å². The van der Waals surface area contributed by atoms with E-state index >= 15 is 0 Å². The summed E-state index contributed by atoms with van der Waals surface area (Å²) in [5.41, 5.74) is 1.48. The fourth-order valence-corrected chi connectivity index (χ4v) is 2.10. The normalized spacial score (nSPS) is 11.3. The molecule has 1 atom stereocenters. The van der Waals surface area contributed by atoms with Crippen LogP contribution in [0.2, 0.25) is 0 Å². The van der Waals surface area contributed by atoms with Crippen molar-refractivity contribution < 1.29 is 23.9 Å². The highest BCUT2D eigenvalue weighted by molar-refractivity contribution is 5.96. The Morgan fingerprint density at radius 3 is 2.28 bits per heavy atom. The number of methoxy groups -OCH3 is 1. The van der Waals surface area contributed by atoms with Gasteiger partial charge in [0.25, 0.3) is 5.91 Å². The van der Waals surface area contributed by atoms with Crippen LogP contribution in [0.1, 0.15) is 34.6 Å². The van der Waals surface area contributed by atoms with E-state index in [2.05, 4.69) is 10.1 Å². The van der Waals surface area contributed by atoms with Gasteiger partial charge in [0.05, 0.1) is 12.7 Å². The minimum Gasteiger partial charge on any atom is -0.481 e. The lowest BCUT2D eigenvalue weighted by molar-refractivity contribution is -0.122. The molecule has 2 aromatic rings. The molecule has 0 aromatic heterocycles. The summed E-state index contributed by atoms with van der Waals surface area (Å²) >= 11 is 0. The van der Waals surface area contributed by atoms with Crippen LogP contribution in [0.4, 0.5) is 5.69 Å². The first-order chi connectivity index (χ1) is 11.9. The molecule has 0 aliphatic heterocycles. The first kappa shape index (κ1) is 18.2. The molecule has 1 N–H and O–H groups in total. The third-order valence-corrected chi connectivity index (χ3v) is 3.50. The second-order valence-corrected chi connectivity index (χ2v) is 5.40. The number of ether oxygens (including phenoxy) is 2. The van der Waals surface area contributed by atoms with Gasteiger partial charge >= 0.3 is 5.97 Å². The van der Waals surface area contributed by atoms with Gasteiger partial charge in [-0.2, -0.15) is 0 Å². The average Bonchev–Trinajstić information content (AvgIpc) is 2.61. The molecule has 25 heavy (non-hydrogen) atoms. The molecule has 1 amide bonds. The van der Waals surface area contributed by atoms with E-state index in [9.17, 15) is 14.4 Å². The summed E-state index contributed by atoms with van der Waals surface area (Å²) in [7, 11) is 1.29. The summed E-state index contributed by atoms with van der Waals surface area (Å²) in [4.78, 5) is 35.0. The quantitative estimate of drug-likeness (QED) is 0.645. The van der Waals surface area contributed by atoms with Crippen molar-refractivity contribution in [2.45, 2.75) is 20.0 Å². The number of hydrogen-bond donors (Lipinski definition) is 1. The molecule has 2 rings (SSSR count). The SMILES string of the molecule is COC(=O)c1cccc(O[C@H](C)C(=O)Nc2ccc(C(C)=O)cc2)c1. The van der Waals surface area contributed by atoms with Crippen molar-refractivity contribution in [2.24, 2.45) is 0 Å². The lowest BCUT2D eigenvalue weighted by Gasteiger charge is -2.15. The van der Waals surface area contributed by atoms with Crippen molar-refractivity contribution in [3.8, 4) is 5.75 Å². The number of carbonyl (C=O) groups is 3. The lowest BCUT2D eigenvalue weighted by atomic mass is 10.1. The monoisotopic (exact) mass is 341 g/mol. The van der Waals surface area contributed by atoms with Crippen molar-refractivity contribution >= 4 is 23.3 Å². The number of benzene rings is 2. The smallest absolute Gasteiger partial charge is 0.337 e. The number of rotatable bonds is 6. The maximum Gasteiger partial charge on any atom is 0.337 e. The summed E-state index contributed by atoms with van der Waals surface area (Å²) in [5.74, 6) is -0.482. The number of nitrogens with one attached hydrogen (secondary N) is 1. The first-order valence-corrected chi connectivity index (χ1v) is 7.67. The second-order valence-electron chi connectivity index (χ2n) is 5.40. The number of amides is 1. The van der Waals surface area contributed by atoms with E-state index in [-0.39, 0.29) is 11.7 Å². The fraction of sp³-hybridized carbons (Fsp3) is 0.211. The topological polar surface area (TPSA) is 81.7 Å². The Hall–Kier alpha value is -3.15. The summed E-state index contributed by atoms with van der Waals surface area (Å²) < 4.78 is 10.2. The Labute approximate surface area is 145 Å². The van der Waals surface area contributed by atoms with Gasteiger partial charge in [-0.1, -0.05) is 6.07 Å². The Morgan fingerprint density at radius 1 is 1.00 bits per heavy atom. The number of Topliss-reactive ketones (excluding diaryl/α,β-unsaturated/α-hetero) is 1. The van der Waals surface area contributed by atoms with Crippen molar-refractivity contribution in [3.05, 3.63) is 59.7 Å². The lowest BCUT2D eigenvalue weighted by Crippen LogP contribution is -2.30. The minimum atomic E-state index is -0.777. The standard InChI is InChI=1S/C19H19NO5/c1-12(21)14-7-9-16(10-8-14)20-18(22)13(2)25-17-6-4-5-15(11-17)19(23)24-3/h4-11,13H,1-3H3,(H,20,22)/t13-/m1/s1. The van der Waals surface area contributed by atoms with Gasteiger partial charge in [0.15, 0.2) is 11.9 Å². The molecular weight excluding hydrogens is 322 g/mol. The largest absolute Gasteiger partial charge is 0.481 e. The van der Waals surface area contributed by atoms with Gasteiger partial charge in [0.2, 0.25) is 0 Å². The second kappa shape index (κ2) is 8.10. The maximum atomic E-state index is 12.2. The van der Waals surface area contributed by atoms with Gasteiger partial charge in [-0.15, -0.1) is 0 Å². The fourth-order valence-electron chi connectivity index (χ4n) is 2.10. The third kappa shape index (κ3) is 4.91. The molecule has 0 heterocycles. The molecule has 0 spiro atoms. The van der Waals surface area contributed by atoms with Crippen LogP contribution in [0, 0.1) is 0 Å². The van der Waals surface area contributed by atoms with E-state index in [1.54, 1.807) is 49.4 Å². The molecule has 0 saturated carbocycles. The summed E-state index contributed by atoms with van der Waals surface area (Å²) in [6.07, 6.45) is -0.777. The molecule has 0 unspecified atom stereocenters. The number of anilines is 1. The van der Waals surface area contributed by atoms with E-state index < -0.39 is 12.1 Å². The van der Waals surface area contributed by atoms with Crippen LogP contribution in [0.15, 0.2) is 48.5 Å². The van der Waals surface area contributed by atoms with Gasteiger partial charge in [-0.3, -0.25) is 9.59 Å². The highest BCUT2D eigenvalue weighted by atomic mass is 16.5. The zero-order valence-electron chi connectivity index (χ0n) is 14.2. The van der Waals surface area contributed by atoms with Crippen LogP contribution in [0.5, 0.6) is 5.75 Å². The van der Waals surface area contributed by atoms with Crippen molar-refractivity contribution in [2.75, 3.05) is 12.4 Å². The molecule has 0 saturated heterocycles. The molecule has 0 fully saturated rings. The molecule has 0 bridgehead atoms. The number of hydrogen-bond acceptors (Lipinski definition) is 5. The highest BCUT2D eigenvalue weighted by Gasteiger charge is 2.16. The van der Waals surface area contributed by atoms with Crippen LogP contribution in [0.3, 0.4) is 0 Å². The molecule has 0 aliphatic carbocycles. The van der Waals surface area contributed by atoms with Crippen LogP contribution in [0.25, 0.3) is 0 Å². The predicted molar refractivity (Wildman–Crippen MR) is 92.9 cm³/mol. The molecule has 0 aliphatic rings. The third-order valence-electron chi connectivity index (χ3n) is 3.50. The van der Waals surface area contributed by atoms with E-state index in [0.29, 0.717) is 22.6 Å². The zero-order valence-corrected chi connectivity index (χ0v) is 14.2. The first-order valence-electron chi connectivity index (χ1n) is 7.67. The highest BCUT2D eigenvalue weighted by Crippen LogP contribution is 2.17. The van der Waals surface area contributed by atoms with Crippen LogP contribution in [-0.2, 0) is 9.53 Å². The van der Waals surface area contributed by atoms with Crippen LogP contribution in [-0.4, -0.2) is 30.9 Å². The molecule has 0 radical (unpaired) electrons. The van der Waals surface area contributed by atoms with E-state index in [1.165, 1.54) is 20.1 Å². The zero-order chi connectivity index (χ0) is 18.4. The Morgan fingerprint density at radius 2 is 1.68 bits per heavy atom. The Balaban J connectivity index is 2.00. The average molecular weight is 341 g/mol. The van der Waals surface area contributed by atoms with E-state index in [1.807, 2.05) is 0 Å². The van der Waals surface area contributed by atoms with Crippen LogP contribution < -0.4 is 10.1 Å². The van der Waals surface area contributed by atoms with Gasteiger partial charge in [-0.05, 0) is 56.3 Å². The van der Waals surface area contributed by atoms with Gasteiger partial charge in [-0.25, -0.2) is 4.79 Å². The number of ketones is 1. The summed E-state index contributed by atoms with van der Waals surface area (Å²) in [6, 6.07) is 13.0. The predicted octanol–water partition coefficient (Wildman–Crippen LogP) is 3.08. The minimum absolute atomic E-state index is 0.0416. The van der Waals surface area contributed by atoms with Gasteiger partial charge in [0, 0.05) is 11.3 Å². The Bertz CT molecular complexity index is 783. The molecule has 6 heteroatoms. The van der Waals surface area contributed by atoms with Gasteiger partial charge < -0.3 is 14.8 Å². The number of carbonyl (C=O) groups excluding carboxylic acids is 3. The van der Waals surface area contributed by atoms with E-state index in [4.69, 9.17) is 4.74 Å². The maximum absolute atomic E-state index is 12.2. The summed E-state index contributed by atoms with van der Waals surface area (Å²) in [6.45, 7) is 3.08. The molecule has 130 valence electrons. The van der Waals surface area contributed by atoms with Crippen LogP contribution >= 0.6 is 0 Å². The number of esters is 1.